The average Bonchev–Trinajstić information content (AvgIpc) is 2.66. The molecule has 1 aliphatic rings. The van der Waals surface area contributed by atoms with Crippen LogP contribution in [0, 0.1) is 0 Å². The zero-order chi connectivity index (χ0) is 21.1. The molecule has 1 aliphatic heterocycles. The molecule has 2 aromatic rings. The number of pyridine rings is 1. The molecule has 1 fully saturated rings. The zero-order valence-electron chi connectivity index (χ0n) is 16.5. The summed E-state index contributed by atoms with van der Waals surface area (Å²) in [7, 11) is -3.35. The number of aromatic nitrogens is 1. The molecule has 0 aliphatic carbocycles. The number of β-amino-alcohol motifs (C(OH)–C–C–N with tert-alkyl or cyclic N) is 1. The third-order valence-corrected chi connectivity index (χ3v) is 5.80. The molecule has 1 aromatic heterocycles. The minimum atomic E-state index is -3.35. The third kappa shape index (κ3) is 5.68. The van der Waals surface area contributed by atoms with Gasteiger partial charge in [-0.05, 0) is 44.0 Å². The number of carbonyl (C=O) groups excluding carboxylic acids is 1. The van der Waals surface area contributed by atoms with E-state index in [1.54, 1.807) is 42.3 Å². The predicted molar refractivity (Wildman–Crippen MR) is 108 cm³/mol. The minimum absolute atomic E-state index is 0.151. The van der Waals surface area contributed by atoms with Gasteiger partial charge in [-0.1, -0.05) is 12.1 Å². The lowest BCUT2D eigenvalue weighted by Crippen LogP contribution is -2.51. The van der Waals surface area contributed by atoms with Crippen LogP contribution in [-0.4, -0.2) is 54.4 Å². The molecule has 3 rings (SSSR count). The van der Waals surface area contributed by atoms with Crippen molar-refractivity contribution < 1.29 is 23.1 Å². The molecule has 0 bridgehead atoms. The number of carbonyl (C=O) groups is 1. The van der Waals surface area contributed by atoms with Crippen LogP contribution in [0.5, 0.6) is 11.6 Å². The van der Waals surface area contributed by atoms with E-state index < -0.39 is 15.4 Å². The summed E-state index contributed by atoms with van der Waals surface area (Å²) < 4.78 is 29.2. The number of benzene rings is 1. The van der Waals surface area contributed by atoms with Crippen molar-refractivity contribution in [3.05, 3.63) is 48.2 Å². The quantitative estimate of drug-likeness (QED) is 0.770. The predicted octanol–water partition coefficient (Wildman–Crippen LogP) is 2.33. The number of nitrogens with zero attached hydrogens (tertiary/aromatic N) is 2. The molecule has 1 aromatic carbocycles. The number of rotatable bonds is 5. The first-order valence-electron chi connectivity index (χ1n) is 9.31. The second-order valence-electron chi connectivity index (χ2n) is 7.50. The Balaban J connectivity index is 1.69. The van der Waals surface area contributed by atoms with Crippen molar-refractivity contribution in [1.29, 1.82) is 0 Å². The van der Waals surface area contributed by atoms with Crippen molar-refractivity contribution in [2.45, 2.75) is 36.8 Å². The monoisotopic (exact) mass is 419 g/mol. The van der Waals surface area contributed by atoms with Crippen LogP contribution in [0.4, 0.5) is 4.79 Å². The Morgan fingerprint density at radius 3 is 2.86 bits per heavy atom. The van der Waals surface area contributed by atoms with Crippen LogP contribution in [0.3, 0.4) is 0 Å². The van der Waals surface area contributed by atoms with Crippen LogP contribution in [0.15, 0.2) is 47.5 Å². The number of hydrogen-bond acceptors (Lipinski definition) is 6. The minimum Gasteiger partial charge on any atom is -0.439 e. The third-order valence-electron chi connectivity index (χ3n) is 4.69. The zero-order valence-corrected chi connectivity index (χ0v) is 17.3. The highest BCUT2D eigenvalue weighted by atomic mass is 32.2. The molecule has 1 unspecified atom stereocenters. The van der Waals surface area contributed by atoms with Crippen molar-refractivity contribution in [3.8, 4) is 11.6 Å². The lowest BCUT2D eigenvalue weighted by Gasteiger charge is -2.36. The highest BCUT2D eigenvalue weighted by Gasteiger charge is 2.30. The number of hydrogen-bond donors (Lipinski definition) is 2. The Kier molecular flexibility index (Phi) is 6.09. The number of urea groups is 1. The average molecular weight is 420 g/mol. The van der Waals surface area contributed by atoms with E-state index in [9.17, 15) is 18.3 Å². The van der Waals surface area contributed by atoms with Crippen LogP contribution in [0.1, 0.15) is 25.3 Å². The van der Waals surface area contributed by atoms with E-state index in [0.29, 0.717) is 24.3 Å². The molecular formula is C20H25N3O5S. The Bertz CT molecular complexity index is 991. The Morgan fingerprint density at radius 2 is 2.14 bits per heavy atom. The van der Waals surface area contributed by atoms with Crippen molar-refractivity contribution >= 4 is 15.9 Å². The van der Waals surface area contributed by atoms with Gasteiger partial charge in [0.2, 0.25) is 5.88 Å². The van der Waals surface area contributed by atoms with Crippen LogP contribution >= 0.6 is 0 Å². The molecule has 0 spiro atoms. The van der Waals surface area contributed by atoms with Gasteiger partial charge in [0.05, 0.1) is 17.0 Å². The molecule has 2 amide bonds. The summed E-state index contributed by atoms with van der Waals surface area (Å²) in [5.74, 6) is 0.621. The number of piperidine rings is 1. The molecule has 29 heavy (non-hydrogen) atoms. The SMILES string of the molecule is CC1(O)CCCN(C(=O)NCc2cccnc2Oc2cccc(S(C)(=O)=O)c2)C1. The first kappa shape index (κ1) is 21.1. The maximum absolute atomic E-state index is 12.5. The van der Waals surface area contributed by atoms with Gasteiger partial charge in [0.15, 0.2) is 9.84 Å². The largest absolute Gasteiger partial charge is 0.439 e. The Labute approximate surface area is 170 Å². The molecule has 1 atom stereocenters. The molecule has 2 N–H and O–H groups in total. The molecule has 2 heterocycles. The van der Waals surface area contributed by atoms with Gasteiger partial charge < -0.3 is 20.1 Å². The summed E-state index contributed by atoms with van der Waals surface area (Å²) >= 11 is 0. The number of sulfone groups is 1. The van der Waals surface area contributed by atoms with Crippen LogP contribution in [0.2, 0.25) is 0 Å². The number of amides is 2. The topological polar surface area (TPSA) is 109 Å². The number of ether oxygens (including phenoxy) is 1. The van der Waals surface area contributed by atoms with Gasteiger partial charge >= 0.3 is 6.03 Å². The smallest absolute Gasteiger partial charge is 0.317 e. The fourth-order valence-electron chi connectivity index (χ4n) is 3.21. The van der Waals surface area contributed by atoms with Gasteiger partial charge in [-0.25, -0.2) is 18.2 Å². The lowest BCUT2D eigenvalue weighted by molar-refractivity contribution is -0.00253. The highest BCUT2D eigenvalue weighted by Crippen LogP contribution is 2.25. The van der Waals surface area contributed by atoms with Crippen molar-refractivity contribution in [2.75, 3.05) is 19.3 Å². The summed E-state index contributed by atoms with van der Waals surface area (Å²) in [6.45, 7) is 2.79. The van der Waals surface area contributed by atoms with Crippen molar-refractivity contribution in [1.82, 2.24) is 15.2 Å². The van der Waals surface area contributed by atoms with E-state index in [0.717, 1.165) is 12.7 Å². The van der Waals surface area contributed by atoms with E-state index in [1.165, 1.54) is 12.1 Å². The maximum atomic E-state index is 12.5. The highest BCUT2D eigenvalue weighted by molar-refractivity contribution is 7.90. The summed E-state index contributed by atoms with van der Waals surface area (Å²) in [6.07, 6.45) is 4.11. The molecule has 156 valence electrons. The molecule has 8 nitrogen and oxygen atoms in total. The molecule has 0 radical (unpaired) electrons. The van der Waals surface area contributed by atoms with E-state index in [2.05, 4.69) is 10.3 Å². The summed E-state index contributed by atoms with van der Waals surface area (Å²) in [5, 5.41) is 13.0. The van der Waals surface area contributed by atoms with Gasteiger partial charge in [0.25, 0.3) is 0 Å². The van der Waals surface area contributed by atoms with Gasteiger partial charge in [-0.15, -0.1) is 0 Å². The van der Waals surface area contributed by atoms with Gasteiger partial charge in [-0.2, -0.15) is 0 Å². The standard InChI is InChI=1S/C20H25N3O5S/c1-20(25)9-5-11-23(14-20)19(24)22-13-15-6-4-10-21-18(15)28-16-7-3-8-17(12-16)29(2,26)27/h3-4,6-8,10,12,25H,5,9,11,13-14H2,1-2H3,(H,22,24). The number of aliphatic hydroxyl groups is 1. The lowest BCUT2D eigenvalue weighted by atomic mass is 9.95. The van der Waals surface area contributed by atoms with E-state index >= 15 is 0 Å². The number of likely N-dealkylation sites (tertiary alicyclic amines) is 1. The van der Waals surface area contributed by atoms with Crippen molar-refractivity contribution in [3.63, 3.8) is 0 Å². The second-order valence-corrected chi connectivity index (χ2v) is 9.51. The van der Waals surface area contributed by atoms with Crippen LogP contribution < -0.4 is 10.1 Å². The van der Waals surface area contributed by atoms with Gasteiger partial charge in [-0.3, -0.25) is 0 Å². The first-order valence-corrected chi connectivity index (χ1v) is 11.2. The van der Waals surface area contributed by atoms with Gasteiger partial charge in [0.1, 0.15) is 5.75 Å². The van der Waals surface area contributed by atoms with Gasteiger partial charge in [0, 0.05) is 31.1 Å². The molecular weight excluding hydrogens is 394 g/mol. The number of nitrogens with one attached hydrogen (secondary N) is 1. The van der Waals surface area contributed by atoms with E-state index in [-0.39, 0.29) is 29.9 Å². The Morgan fingerprint density at radius 1 is 1.34 bits per heavy atom. The molecule has 1 saturated heterocycles. The van der Waals surface area contributed by atoms with Crippen molar-refractivity contribution in [2.24, 2.45) is 0 Å². The fraction of sp³-hybridized carbons (Fsp3) is 0.400. The van der Waals surface area contributed by atoms with E-state index in [4.69, 9.17) is 4.74 Å². The first-order chi connectivity index (χ1) is 13.6. The van der Waals surface area contributed by atoms with Crippen LogP contribution in [0.25, 0.3) is 0 Å². The molecule has 9 heteroatoms. The van der Waals surface area contributed by atoms with E-state index in [1.807, 2.05) is 0 Å². The Hall–Kier alpha value is -2.65. The second kappa shape index (κ2) is 8.38. The maximum Gasteiger partial charge on any atom is 0.317 e. The summed E-state index contributed by atoms with van der Waals surface area (Å²) in [6, 6.07) is 9.40. The van der Waals surface area contributed by atoms with Crippen LogP contribution in [-0.2, 0) is 16.4 Å². The fourth-order valence-corrected chi connectivity index (χ4v) is 3.86. The molecule has 0 saturated carbocycles. The summed E-state index contributed by atoms with van der Waals surface area (Å²) in [5.41, 5.74) is -0.225. The normalized spacial score (nSPS) is 19.6. The summed E-state index contributed by atoms with van der Waals surface area (Å²) in [4.78, 5) is 18.4.